The number of ether oxygens (including phenoxy) is 3. The molecule has 1 heterocycles. The molecule has 0 aliphatic carbocycles. The van der Waals surface area contributed by atoms with Crippen LogP contribution in [-0.2, 0) is 9.53 Å². The number of nitrogens with zero attached hydrogens (tertiary/aromatic N) is 2. The van der Waals surface area contributed by atoms with E-state index in [0.717, 1.165) is 0 Å². The lowest BCUT2D eigenvalue weighted by Crippen LogP contribution is -2.20. The van der Waals surface area contributed by atoms with Gasteiger partial charge in [-0.05, 0) is 13.8 Å². The van der Waals surface area contributed by atoms with Gasteiger partial charge in [-0.2, -0.15) is 0 Å². The lowest BCUT2D eigenvalue weighted by Gasteiger charge is -2.15. The number of fused-ring (bicyclic) bond motifs is 1. The van der Waals surface area contributed by atoms with Crippen LogP contribution in [0.1, 0.15) is 19.9 Å². The third kappa shape index (κ3) is 2.58. The summed E-state index contributed by atoms with van der Waals surface area (Å²) >= 11 is 0. The van der Waals surface area contributed by atoms with Gasteiger partial charge in [0.15, 0.2) is 11.5 Å². The van der Waals surface area contributed by atoms with E-state index in [4.69, 9.17) is 19.9 Å². The van der Waals surface area contributed by atoms with E-state index in [1.54, 1.807) is 44.8 Å². The van der Waals surface area contributed by atoms with E-state index in [2.05, 4.69) is 4.98 Å². The second kappa shape index (κ2) is 5.90. The molecule has 0 aliphatic rings. The fourth-order valence-corrected chi connectivity index (χ4v) is 2.22. The molecule has 1 aromatic heterocycles. The van der Waals surface area contributed by atoms with Crippen molar-refractivity contribution in [1.29, 1.82) is 0 Å². The highest BCUT2D eigenvalue weighted by molar-refractivity contribution is 5.85. The van der Waals surface area contributed by atoms with Crippen LogP contribution in [0.25, 0.3) is 11.0 Å². The maximum atomic E-state index is 11.9. The summed E-state index contributed by atoms with van der Waals surface area (Å²) in [6.07, 6.45) is 0. The smallest absolute Gasteiger partial charge is 0.328 e. The molecular formula is C14H19N3O4. The van der Waals surface area contributed by atoms with Gasteiger partial charge in [0.25, 0.3) is 0 Å². The Hall–Kier alpha value is -2.44. The number of carbonyl (C=O) groups is 1. The van der Waals surface area contributed by atoms with Crippen LogP contribution in [0.15, 0.2) is 12.1 Å². The van der Waals surface area contributed by atoms with Crippen LogP contribution in [0, 0.1) is 0 Å². The Labute approximate surface area is 122 Å². The first-order valence-corrected chi connectivity index (χ1v) is 6.59. The van der Waals surface area contributed by atoms with Gasteiger partial charge in [0, 0.05) is 12.1 Å². The highest BCUT2D eigenvalue weighted by Crippen LogP contribution is 2.34. The molecule has 2 N–H and O–H groups in total. The minimum atomic E-state index is -0.576. The minimum Gasteiger partial charge on any atom is -0.493 e. The molecule has 2 aromatic rings. The van der Waals surface area contributed by atoms with Crippen molar-refractivity contribution >= 4 is 23.0 Å². The van der Waals surface area contributed by atoms with E-state index in [1.165, 1.54) is 0 Å². The summed E-state index contributed by atoms with van der Waals surface area (Å²) in [5, 5.41) is 0. The number of imidazole rings is 1. The summed E-state index contributed by atoms with van der Waals surface area (Å²) in [6.45, 7) is 3.78. The predicted octanol–water partition coefficient (Wildman–Crippen LogP) is 1.76. The van der Waals surface area contributed by atoms with Gasteiger partial charge >= 0.3 is 5.97 Å². The molecule has 1 unspecified atom stereocenters. The third-order valence-electron chi connectivity index (χ3n) is 3.24. The molecule has 0 spiro atoms. The van der Waals surface area contributed by atoms with E-state index in [9.17, 15) is 4.79 Å². The number of hydrogen-bond acceptors (Lipinski definition) is 6. The van der Waals surface area contributed by atoms with E-state index in [1.807, 2.05) is 0 Å². The molecule has 0 fully saturated rings. The van der Waals surface area contributed by atoms with E-state index >= 15 is 0 Å². The molecule has 0 saturated heterocycles. The standard InChI is InChI=1S/C14H19N3O4/c1-5-21-13(18)8(2)17-10-7-12(20-4)11(19-3)6-9(10)16-14(17)15/h6-8H,5H2,1-4H3,(H2,15,16). The summed E-state index contributed by atoms with van der Waals surface area (Å²) in [4.78, 5) is 16.2. The van der Waals surface area contributed by atoms with Gasteiger partial charge in [0.2, 0.25) is 5.95 Å². The maximum absolute atomic E-state index is 11.9. The van der Waals surface area contributed by atoms with Crippen LogP contribution in [-0.4, -0.2) is 36.3 Å². The Kier molecular flexibility index (Phi) is 4.21. The van der Waals surface area contributed by atoms with Gasteiger partial charge in [0.05, 0.1) is 31.9 Å². The van der Waals surface area contributed by atoms with Crippen molar-refractivity contribution in [2.45, 2.75) is 19.9 Å². The van der Waals surface area contributed by atoms with Crippen molar-refractivity contribution in [2.75, 3.05) is 26.6 Å². The average molecular weight is 293 g/mol. The van der Waals surface area contributed by atoms with E-state index in [-0.39, 0.29) is 11.9 Å². The largest absolute Gasteiger partial charge is 0.493 e. The average Bonchev–Trinajstić information content (AvgIpc) is 2.79. The number of anilines is 1. The molecule has 1 aromatic carbocycles. The van der Waals surface area contributed by atoms with E-state index < -0.39 is 6.04 Å². The Balaban J connectivity index is 2.58. The summed E-state index contributed by atoms with van der Waals surface area (Å²) in [7, 11) is 3.09. The van der Waals surface area contributed by atoms with Crippen molar-refractivity contribution in [3.63, 3.8) is 0 Å². The van der Waals surface area contributed by atoms with E-state index in [0.29, 0.717) is 29.1 Å². The highest BCUT2D eigenvalue weighted by atomic mass is 16.5. The van der Waals surface area contributed by atoms with Crippen molar-refractivity contribution in [2.24, 2.45) is 0 Å². The van der Waals surface area contributed by atoms with Crippen molar-refractivity contribution in [1.82, 2.24) is 9.55 Å². The van der Waals surface area contributed by atoms with Crippen LogP contribution in [0.5, 0.6) is 11.5 Å². The monoisotopic (exact) mass is 293 g/mol. The first kappa shape index (κ1) is 15.0. The quantitative estimate of drug-likeness (QED) is 0.845. The SMILES string of the molecule is CCOC(=O)C(C)n1c(N)nc2cc(OC)c(OC)cc21. The third-order valence-corrected chi connectivity index (χ3v) is 3.24. The highest BCUT2D eigenvalue weighted by Gasteiger charge is 2.22. The van der Waals surface area contributed by atoms with Crippen LogP contribution in [0.4, 0.5) is 5.95 Å². The lowest BCUT2D eigenvalue weighted by atomic mass is 10.2. The number of aromatic nitrogens is 2. The topological polar surface area (TPSA) is 88.6 Å². The summed E-state index contributed by atoms with van der Waals surface area (Å²) < 4.78 is 17.2. The lowest BCUT2D eigenvalue weighted by molar-refractivity contribution is -0.146. The molecule has 21 heavy (non-hydrogen) atoms. The van der Waals surface area contributed by atoms with Crippen LogP contribution in [0.3, 0.4) is 0 Å². The van der Waals surface area contributed by atoms with Crippen LogP contribution < -0.4 is 15.2 Å². The number of carbonyl (C=O) groups excluding carboxylic acids is 1. The zero-order valence-electron chi connectivity index (χ0n) is 12.5. The van der Waals surface area contributed by atoms with Gasteiger partial charge in [-0.3, -0.25) is 4.57 Å². The second-order valence-electron chi connectivity index (χ2n) is 4.46. The zero-order chi connectivity index (χ0) is 15.6. The molecule has 2 rings (SSSR count). The molecule has 114 valence electrons. The minimum absolute atomic E-state index is 0.237. The second-order valence-corrected chi connectivity index (χ2v) is 4.46. The van der Waals surface area contributed by atoms with Crippen LogP contribution >= 0.6 is 0 Å². The molecule has 0 amide bonds. The summed E-state index contributed by atoms with van der Waals surface area (Å²) in [5.74, 6) is 0.972. The van der Waals surface area contributed by atoms with Gasteiger partial charge in [0.1, 0.15) is 6.04 Å². The molecule has 1 atom stereocenters. The first-order valence-electron chi connectivity index (χ1n) is 6.59. The Morgan fingerprint density at radius 2 is 1.95 bits per heavy atom. The molecule has 0 saturated carbocycles. The predicted molar refractivity (Wildman–Crippen MR) is 78.6 cm³/mol. The Bertz CT molecular complexity index is 666. The molecule has 0 aliphatic heterocycles. The maximum Gasteiger partial charge on any atom is 0.328 e. The number of rotatable bonds is 5. The summed E-state index contributed by atoms with van der Waals surface area (Å²) in [6, 6.07) is 2.89. The normalized spacial score (nSPS) is 12.2. The fourth-order valence-electron chi connectivity index (χ4n) is 2.22. The number of nitrogen functional groups attached to an aromatic ring is 1. The van der Waals surface area contributed by atoms with Gasteiger partial charge in [-0.25, -0.2) is 9.78 Å². The molecule has 0 radical (unpaired) electrons. The van der Waals surface area contributed by atoms with Gasteiger partial charge in [-0.1, -0.05) is 0 Å². The molecule has 7 nitrogen and oxygen atoms in total. The summed E-state index contributed by atoms with van der Waals surface area (Å²) in [5.41, 5.74) is 7.25. The zero-order valence-corrected chi connectivity index (χ0v) is 12.5. The number of esters is 1. The van der Waals surface area contributed by atoms with Crippen LogP contribution in [0.2, 0.25) is 0 Å². The first-order chi connectivity index (χ1) is 10.0. The Morgan fingerprint density at radius 1 is 1.33 bits per heavy atom. The Morgan fingerprint density at radius 3 is 2.52 bits per heavy atom. The number of benzene rings is 1. The molecular weight excluding hydrogens is 274 g/mol. The van der Waals surface area contributed by atoms with Gasteiger partial charge in [-0.15, -0.1) is 0 Å². The van der Waals surface area contributed by atoms with Gasteiger partial charge < -0.3 is 19.9 Å². The number of hydrogen-bond donors (Lipinski definition) is 1. The fraction of sp³-hybridized carbons (Fsp3) is 0.429. The number of nitrogens with two attached hydrogens (primary N) is 1. The number of methoxy groups -OCH3 is 2. The van der Waals surface area contributed by atoms with Crippen molar-refractivity contribution in [3.05, 3.63) is 12.1 Å². The molecule has 0 bridgehead atoms. The van der Waals surface area contributed by atoms with Crippen molar-refractivity contribution < 1.29 is 19.0 Å². The van der Waals surface area contributed by atoms with Crippen molar-refractivity contribution in [3.8, 4) is 11.5 Å². The molecule has 7 heteroatoms.